The Morgan fingerprint density at radius 1 is 0.568 bits per heavy atom. The van der Waals surface area contributed by atoms with Crippen LogP contribution in [0.1, 0.15) is 0 Å². The minimum atomic E-state index is 0.704. The Balaban J connectivity index is 1.55. The number of benzene rings is 5. The highest BCUT2D eigenvalue weighted by atomic mass is 35.5. The second-order valence-electron chi connectivity index (χ2n) is 8.97. The Labute approximate surface area is 220 Å². The third kappa shape index (κ3) is 3.72. The summed E-state index contributed by atoms with van der Waals surface area (Å²) < 4.78 is 6.26. The average Bonchev–Trinajstić information content (AvgIpc) is 2.96. The zero-order valence-electron chi connectivity index (χ0n) is 19.8. The Hall–Kier alpha value is -4.60. The molecule has 0 fully saturated rings. The average molecular weight is 497 g/mol. The van der Waals surface area contributed by atoms with E-state index in [1.807, 2.05) is 66.7 Å². The van der Waals surface area contributed by atoms with E-state index >= 15 is 0 Å². The van der Waals surface area contributed by atoms with Gasteiger partial charge >= 0.3 is 0 Å². The topological polar surface area (TPSA) is 25.4 Å². The minimum absolute atomic E-state index is 0.704. The highest BCUT2D eigenvalue weighted by Gasteiger charge is 2.27. The third-order valence-electron chi connectivity index (χ3n) is 6.72. The van der Waals surface area contributed by atoms with Crippen LogP contribution in [0.2, 0.25) is 5.02 Å². The lowest BCUT2D eigenvalue weighted by Crippen LogP contribution is -2.16. The molecule has 5 aromatic carbocycles. The van der Waals surface area contributed by atoms with E-state index in [4.69, 9.17) is 21.3 Å². The van der Waals surface area contributed by atoms with Gasteiger partial charge in [0.15, 0.2) is 11.5 Å². The lowest BCUT2D eigenvalue weighted by molar-refractivity contribution is 0.477. The number of hydrogen-bond donors (Lipinski definition) is 0. The summed E-state index contributed by atoms with van der Waals surface area (Å²) in [7, 11) is 0. The monoisotopic (exact) mass is 496 g/mol. The molecule has 0 amide bonds. The molecule has 0 unspecified atom stereocenters. The maximum absolute atomic E-state index is 6.26. The lowest BCUT2D eigenvalue weighted by Gasteiger charge is -2.33. The molecule has 0 atom stereocenters. The number of ether oxygens (including phenoxy) is 1. The van der Waals surface area contributed by atoms with E-state index in [1.54, 1.807) is 0 Å². The van der Waals surface area contributed by atoms with E-state index in [9.17, 15) is 0 Å². The van der Waals surface area contributed by atoms with Crippen molar-refractivity contribution in [2.45, 2.75) is 0 Å². The normalized spacial score (nSPS) is 12.1. The van der Waals surface area contributed by atoms with Gasteiger partial charge in [-0.1, -0.05) is 90.5 Å². The van der Waals surface area contributed by atoms with Crippen LogP contribution in [0.3, 0.4) is 0 Å². The smallest absolute Gasteiger partial charge is 0.151 e. The molecule has 7 rings (SSSR count). The van der Waals surface area contributed by atoms with Crippen LogP contribution in [0.4, 0.5) is 17.1 Å². The molecular weight excluding hydrogens is 476 g/mol. The van der Waals surface area contributed by atoms with Crippen molar-refractivity contribution in [2.24, 2.45) is 0 Å². The number of aromatic nitrogens is 1. The molecule has 37 heavy (non-hydrogen) atoms. The molecule has 0 saturated carbocycles. The first-order chi connectivity index (χ1) is 18.3. The van der Waals surface area contributed by atoms with Gasteiger partial charge < -0.3 is 9.64 Å². The van der Waals surface area contributed by atoms with Crippen LogP contribution < -0.4 is 9.64 Å². The number of nitrogens with zero attached hydrogens (tertiary/aromatic N) is 2. The molecule has 4 heteroatoms. The predicted molar refractivity (Wildman–Crippen MR) is 152 cm³/mol. The summed E-state index contributed by atoms with van der Waals surface area (Å²) in [5, 5.41) is 1.79. The van der Waals surface area contributed by atoms with E-state index in [2.05, 4.69) is 65.6 Å². The summed E-state index contributed by atoms with van der Waals surface area (Å²) >= 11 is 6.20. The highest BCUT2D eigenvalue weighted by molar-refractivity contribution is 6.30. The second-order valence-corrected chi connectivity index (χ2v) is 9.41. The van der Waals surface area contributed by atoms with E-state index in [0.29, 0.717) is 5.02 Å². The number of anilines is 3. The van der Waals surface area contributed by atoms with Gasteiger partial charge in [-0.3, -0.25) is 0 Å². The summed E-state index contributed by atoms with van der Waals surface area (Å²) in [6.45, 7) is 0. The van der Waals surface area contributed by atoms with E-state index in [0.717, 1.165) is 61.8 Å². The standard InChI is InChI=1S/C33H21ClN2O/c34-24-19-17-23(18-20-24)27-21-26(22-9-2-1-3-10-22)25-11-8-14-30(33(25)35-27)36-28-12-4-6-15-31(28)37-32-16-7-5-13-29(32)36/h1-21H. The zero-order chi connectivity index (χ0) is 24.8. The summed E-state index contributed by atoms with van der Waals surface area (Å²) in [5.41, 5.74) is 8.06. The van der Waals surface area contributed by atoms with Gasteiger partial charge in [-0.05, 0) is 59.7 Å². The molecule has 1 aliphatic rings. The SMILES string of the molecule is Clc1ccc(-c2cc(-c3ccccc3)c3cccc(N4c5ccccc5Oc5ccccc54)c3n2)cc1. The fraction of sp³-hybridized carbons (Fsp3) is 0. The Morgan fingerprint density at radius 3 is 1.89 bits per heavy atom. The van der Waals surface area contributed by atoms with Crippen molar-refractivity contribution in [3.8, 4) is 33.9 Å². The predicted octanol–water partition coefficient (Wildman–Crippen LogP) is 9.80. The first-order valence-electron chi connectivity index (χ1n) is 12.2. The fourth-order valence-corrected chi connectivity index (χ4v) is 5.13. The molecule has 0 N–H and O–H groups in total. The van der Waals surface area contributed by atoms with Crippen LogP contribution >= 0.6 is 11.6 Å². The summed E-state index contributed by atoms with van der Waals surface area (Å²) in [4.78, 5) is 7.51. The van der Waals surface area contributed by atoms with E-state index in [-0.39, 0.29) is 0 Å². The molecule has 6 aromatic rings. The number of pyridine rings is 1. The molecule has 0 bridgehead atoms. The number of halogens is 1. The van der Waals surface area contributed by atoms with Gasteiger partial charge in [0.1, 0.15) is 0 Å². The van der Waals surface area contributed by atoms with Crippen molar-refractivity contribution >= 4 is 39.6 Å². The molecule has 0 aliphatic carbocycles. The molecule has 1 aromatic heterocycles. The van der Waals surface area contributed by atoms with Crippen LogP contribution in [0, 0.1) is 0 Å². The van der Waals surface area contributed by atoms with Crippen LogP contribution in [0.15, 0.2) is 127 Å². The molecule has 3 nitrogen and oxygen atoms in total. The van der Waals surface area contributed by atoms with Crippen LogP contribution in [-0.2, 0) is 0 Å². The van der Waals surface area contributed by atoms with Crippen molar-refractivity contribution in [3.63, 3.8) is 0 Å². The van der Waals surface area contributed by atoms with Gasteiger partial charge in [-0.15, -0.1) is 0 Å². The molecule has 176 valence electrons. The first-order valence-corrected chi connectivity index (χ1v) is 12.6. The van der Waals surface area contributed by atoms with Crippen molar-refractivity contribution in [2.75, 3.05) is 4.90 Å². The lowest BCUT2D eigenvalue weighted by atomic mass is 9.97. The van der Waals surface area contributed by atoms with E-state index < -0.39 is 0 Å². The van der Waals surface area contributed by atoms with Gasteiger partial charge in [-0.2, -0.15) is 0 Å². The fourth-order valence-electron chi connectivity index (χ4n) is 5.00. The number of hydrogen-bond acceptors (Lipinski definition) is 3. The van der Waals surface area contributed by atoms with Crippen LogP contribution in [0.25, 0.3) is 33.3 Å². The second kappa shape index (κ2) is 8.81. The number of para-hydroxylation sites is 5. The molecule has 2 heterocycles. The largest absolute Gasteiger partial charge is 0.453 e. The molecule has 1 aliphatic heterocycles. The Morgan fingerprint density at radius 2 is 1.19 bits per heavy atom. The van der Waals surface area contributed by atoms with Crippen LogP contribution in [-0.4, -0.2) is 4.98 Å². The molecular formula is C33H21ClN2O. The summed E-state index contributed by atoms with van der Waals surface area (Å²) in [5.74, 6) is 1.63. The number of fused-ring (bicyclic) bond motifs is 3. The quantitative estimate of drug-likeness (QED) is 0.243. The summed E-state index contributed by atoms with van der Waals surface area (Å²) in [6.07, 6.45) is 0. The molecule has 0 saturated heterocycles. The van der Waals surface area contributed by atoms with Crippen molar-refractivity contribution in [1.82, 2.24) is 4.98 Å². The van der Waals surface area contributed by atoms with Crippen molar-refractivity contribution < 1.29 is 4.74 Å². The van der Waals surface area contributed by atoms with Gasteiger partial charge in [0.05, 0.1) is 28.3 Å². The molecule has 0 spiro atoms. The molecule has 0 radical (unpaired) electrons. The van der Waals surface area contributed by atoms with Gasteiger partial charge in [-0.25, -0.2) is 4.98 Å². The van der Waals surface area contributed by atoms with Crippen molar-refractivity contribution in [1.29, 1.82) is 0 Å². The van der Waals surface area contributed by atoms with Gasteiger partial charge in [0, 0.05) is 16.0 Å². The van der Waals surface area contributed by atoms with Crippen LogP contribution in [0.5, 0.6) is 11.5 Å². The maximum atomic E-state index is 6.26. The summed E-state index contributed by atoms with van der Waals surface area (Å²) in [6, 6.07) is 43.2. The van der Waals surface area contributed by atoms with E-state index in [1.165, 1.54) is 0 Å². The first kappa shape index (κ1) is 21.7. The third-order valence-corrected chi connectivity index (χ3v) is 6.97. The highest BCUT2D eigenvalue weighted by Crippen LogP contribution is 2.51. The van der Waals surface area contributed by atoms with Gasteiger partial charge in [0.2, 0.25) is 0 Å². The zero-order valence-corrected chi connectivity index (χ0v) is 20.6. The number of rotatable bonds is 3. The van der Waals surface area contributed by atoms with Crippen molar-refractivity contribution in [3.05, 3.63) is 132 Å². The van der Waals surface area contributed by atoms with Gasteiger partial charge in [0.25, 0.3) is 0 Å². The minimum Gasteiger partial charge on any atom is -0.453 e. The maximum Gasteiger partial charge on any atom is 0.151 e. The Kier molecular flexibility index (Phi) is 5.16. The Bertz CT molecular complexity index is 1720.